The summed E-state index contributed by atoms with van der Waals surface area (Å²) >= 11 is 0. The van der Waals surface area contributed by atoms with Crippen molar-refractivity contribution in [3.63, 3.8) is 0 Å². The SMILES string of the molecule is CNc1cccc(S(=O)(=O)N(C[C@@H](O)[C@H](Cc2ccccc2)N(C(=O)O)[C@H]2CO[C@H]3OCC[C@H]32)CC(C)(C)CCCCNC(=O)NC(C)C)c1. The van der Waals surface area contributed by atoms with Gasteiger partial charge in [0.1, 0.15) is 0 Å². The lowest BCUT2D eigenvalue weighted by molar-refractivity contribution is -0.0906. The molecule has 2 aromatic carbocycles. The number of unbranched alkanes of at least 4 members (excludes halogenated alkanes) is 1. The number of sulfonamides is 1. The first-order valence-corrected chi connectivity index (χ1v) is 18.9. The molecule has 50 heavy (non-hydrogen) atoms. The Labute approximate surface area is 296 Å². The molecule has 13 nitrogen and oxygen atoms in total. The fraction of sp³-hybridized carbons (Fsp3) is 0.611. The number of amides is 3. The molecule has 0 unspecified atom stereocenters. The number of hydrogen-bond acceptors (Lipinski definition) is 8. The number of aliphatic hydroxyl groups is 1. The number of rotatable bonds is 18. The van der Waals surface area contributed by atoms with Gasteiger partial charge in [-0.05, 0) is 68.7 Å². The zero-order valence-electron chi connectivity index (χ0n) is 29.9. The van der Waals surface area contributed by atoms with Gasteiger partial charge >= 0.3 is 12.1 Å². The molecular weight excluding hydrogens is 662 g/mol. The third-order valence-corrected chi connectivity index (χ3v) is 11.2. The lowest BCUT2D eigenvalue weighted by Crippen LogP contribution is -2.58. The van der Waals surface area contributed by atoms with Crippen LogP contribution in [-0.4, -0.2) is 110 Å². The highest BCUT2D eigenvalue weighted by atomic mass is 32.2. The number of nitrogens with zero attached hydrogens (tertiary/aromatic N) is 2. The van der Waals surface area contributed by atoms with Gasteiger partial charge in [-0.25, -0.2) is 18.0 Å². The Hall–Kier alpha value is -3.43. The molecule has 2 aliphatic heterocycles. The molecule has 0 bridgehead atoms. The molecule has 5 atom stereocenters. The van der Waals surface area contributed by atoms with E-state index in [4.69, 9.17) is 9.47 Å². The first-order chi connectivity index (χ1) is 23.7. The number of urea groups is 1. The number of aliphatic hydroxyl groups excluding tert-OH is 1. The zero-order valence-corrected chi connectivity index (χ0v) is 30.7. The van der Waals surface area contributed by atoms with Gasteiger partial charge in [-0.15, -0.1) is 0 Å². The van der Waals surface area contributed by atoms with Crippen LogP contribution in [0.15, 0.2) is 59.5 Å². The summed E-state index contributed by atoms with van der Waals surface area (Å²) in [6.07, 6.45) is -0.209. The van der Waals surface area contributed by atoms with Crippen LogP contribution >= 0.6 is 0 Å². The van der Waals surface area contributed by atoms with Crippen molar-refractivity contribution in [2.45, 2.75) is 95.2 Å². The molecule has 5 N–H and O–H groups in total. The van der Waals surface area contributed by atoms with Crippen LogP contribution in [0.1, 0.15) is 58.9 Å². The molecule has 14 heteroatoms. The molecule has 2 saturated heterocycles. The minimum Gasteiger partial charge on any atom is -0.465 e. The van der Waals surface area contributed by atoms with Gasteiger partial charge in [-0.3, -0.25) is 4.90 Å². The second-order valence-electron chi connectivity index (χ2n) is 14.4. The summed E-state index contributed by atoms with van der Waals surface area (Å²) in [5.74, 6) is -0.189. The normalized spacial score (nSPS) is 20.4. The van der Waals surface area contributed by atoms with E-state index < -0.39 is 46.0 Å². The topological polar surface area (TPSA) is 170 Å². The largest absolute Gasteiger partial charge is 0.465 e. The van der Waals surface area contributed by atoms with Crippen LogP contribution in [-0.2, 0) is 25.9 Å². The van der Waals surface area contributed by atoms with Crippen molar-refractivity contribution in [2.75, 3.05) is 45.2 Å². The zero-order chi connectivity index (χ0) is 36.5. The lowest BCUT2D eigenvalue weighted by Gasteiger charge is -2.40. The smallest absolute Gasteiger partial charge is 0.407 e. The maximum absolute atomic E-state index is 14.4. The van der Waals surface area contributed by atoms with Crippen LogP contribution in [0.2, 0.25) is 0 Å². The molecule has 2 fully saturated rings. The molecule has 0 spiro atoms. The second-order valence-corrected chi connectivity index (χ2v) is 16.3. The van der Waals surface area contributed by atoms with Crippen LogP contribution < -0.4 is 16.0 Å². The van der Waals surface area contributed by atoms with Crippen molar-refractivity contribution in [3.8, 4) is 0 Å². The molecule has 4 rings (SSSR count). The third kappa shape index (κ3) is 10.5. The summed E-state index contributed by atoms with van der Waals surface area (Å²) in [6, 6.07) is 14.1. The Kier molecular flexibility index (Phi) is 13.9. The number of anilines is 1. The molecule has 2 aromatic rings. The summed E-state index contributed by atoms with van der Waals surface area (Å²) in [7, 11) is -2.44. The number of benzene rings is 2. The minimum absolute atomic E-state index is 0.0287. The van der Waals surface area contributed by atoms with E-state index in [2.05, 4.69) is 16.0 Å². The fourth-order valence-electron chi connectivity index (χ4n) is 6.87. The van der Waals surface area contributed by atoms with Crippen molar-refractivity contribution in [2.24, 2.45) is 11.3 Å². The number of hydrogen-bond donors (Lipinski definition) is 5. The van der Waals surface area contributed by atoms with Crippen molar-refractivity contribution >= 4 is 27.8 Å². The first kappa shape index (κ1) is 39.4. The van der Waals surface area contributed by atoms with E-state index in [0.29, 0.717) is 38.1 Å². The highest BCUT2D eigenvalue weighted by Gasteiger charge is 2.49. The van der Waals surface area contributed by atoms with E-state index in [1.807, 2.05) is 58.0 Å². The monoisotopic (exact) mass is 717 g/mol. The average Bonchev–Trinajstić information content (AvgIpc) is 3.69. The van der Waals surface area contributed by atoms with E-state index in [9.17, 15) is 28.2 Å². The maximum Gasteiger partial charge on any atom is 0.407 e. The highest BCUT2D eigenvalue weighted by Crippen LogP contribution is 2.36. The second kappa shape index (κ2) is 17.7. The predicted molar refractivity (Wildman–Crippen MR) is 191 cm³/mol. The molecule has 278 valence electrons. The Morgan fingerprint density at radius 2 is 1.80 bits per heavy atom. The molecular formula is C36H55N5O8S. The molecule has 0 aliphatic carbocycles. The van der Waals surface area contributed by atoms with E-state index in [0.717, 1.165) is 12.0 Å². The summed E-state index contributed by atoms with van der Waals surface area (Å²) < 4.78 is 41.6. The van der Waals surface area contributed by atoms with Crippen LogP contribution in [0.5, 0.6) is 0 Å². The predicted octanol–water partition coefficient (Wildman–Crippen LogP) is 4.34. The van der Waals surface area contributed by atoms with E-state index in [1.54, 1.807) is 25.2 Å². The van der Waals surface area contributed by atoms with Gasteiger partial charge in [0.15, 0.2) is 6.29 Å². The van der Waals surface area contributed by atoms with Crippen LogP contribution in [0.3, 0.4) is 0 Å². The Balaban J connectivity index is 1.61. The molecule has 0 saturated carbocycles. The van der Waals surface area contributed by atoms with Crippen LogP contribution in [0.25, 0.3) is 0 Å². The Morgan fingerprint density at radius 3 is 2.48 bits per heavy atom. The number of carbonyl (C=O) groups excluding carboxylic acids is 1. The first-order valence-electron chi connectivity index (χ1n) is 17.5. The molecule has 3 amide bonds. The summed E-state index contributed by atoms with van der Waals surface area (Å²) in [4.78, 5) is 26.3. The van der Waals surface area contributed by atoms with Crippen molar-refractivity contribution in [1.82, 2.24) is 19.8 Å². The van der Waals surface area contributed by atoms with Gasteiger partial charge in [-0.1, -0.05) is 56.7 Å². The van der Waals surface area contributed by atoms with Crippen LogP contribution in [0.4, 0.5) is 15.3 Å². The summed E-state index contributed by atoms with van der Waals surface area (Å²) in [6.45, 7) is 8.55. The van der Waals surface area contributed by atoms with Gasteiger partial charge in [0, 0.05) is 44.3 Å². The van der Waals surface area contributed by atoms with Crippen molar-refractivity contribution in [3.05, 3.63) is 60.2 Å². The minimum atomic E-state index is -4.15. The Bertz CT molecular complexity index is 1510. The van der Waals surface area contributed by atoms with Gasteiger partial charge in [0.05, 0.1) is 36.3 Å². The van der Waals surface area contributed by atoms with Gasteiger partial charge in [0.25, 0.3) is 0 Å². The van der Waals surface area contributed by atoms with Crippen molar-refractivity contribution < 1.29 is 37.7 Å². The van der Waals surface area contributed by atoms with Gasteiger partial charge in [0.2, 0.25) is 10.0 Å². The van der Waals surface area contributed by atoms with E-state index in [-0.39, 0.29) is 49.0 Å². The summed E-state index contributed by atoms with van der Waals surface area (Å²) in [5.41, 5.74) is 0.907. The van der Waals surface area contributed by atoms with Gasteiger partial charge < -0.3 is 35.6 Å². The standard InChI is InChI=1S/C36H55N5O8S/c1-25(2)39-34(43)38-18-10-9-17-36(3,4)24-40(50(46,47)28-15-11-14-27(21-28)37-5)22-32(42)30(20-26-12-7-6-8-13-26)41(35(44)45)31-23-49-33-29(31)16-19-48-33/h6-8,11-15,21,25,29-33,37,42H,9-10,16-20,22-24H2,1-5H3,(H,44,45)(H2,38,39,43)/t29-,30-,31-,32+,33+/m0/s1. The molecule has 0 aromatic heterocycles. The quantitative estimate of drug-likeness (QED) is 0.141. The fourth-order valence-corrected chi connectivity index (χ4v) is 8.57. The third-order valence-electron chi connectivity index (χ3n) is 9.42. The van der Waals surface area contributed by atoms with Crippen LogP contribution in [0, 0.1) is 11.3 Å². The summed E-state index contributed by atoms with van der Waals surface area (Å²) in [5, 5.41) is 31.4. The molecule has 2 heterocycles. The number of ether oxygens (including phenoxy) is 2. The molecule has 0 radical (unpaired) electrons. The van der Waals surface area contributed by atoms with Crippen molar-refractivity contribution in [1.29, 1.82) is 0 Å². The number of nitrogens with one attached hydrogen (secondary N) is 3. The van der Waals surface area contributed by atoms with E-state index >= 15 is 0 Å². The lowest BCUT2D eigenvalue weighted by atomic mass is 9.87. The molecule has 2 aliphatic rings. The Morgan fingerprint density at radius 1 is 1.06 bits per heavy atom. The van der Waals surface area contributed by atoms with E-state index in [1.165, 1.54) is 15.3 Å². The van der Waals surface area contributed by atoms with Gasteiger partial charge in [-0.2, -0.15) is 4.31 Å². The number of carbonyl (C=O) groups is 2. The number of carboxylic acid groups (broad SMARTS) is 1. The maximum atomic E-state index is 14.4. The number of fused-ring (bicyclic) bond motifs is 1. The highest BCUT2D eigenvalue weighted by molar-refractivity contribution is 7.89. The average molecular weight is 718 g/mol.